The van der Waals surface area contributed by atoms with E-state index in [0.29, 0.717) is 0 Å². The largest absolute Gasteiger partial charge is 0.465 e. The first kappa shape index (κ1) is 14.2. The molecular formula is C14H20N2O2. The van der Waals surface area contributed by atoms with Crippen LogP contribution in [0.15, 0.2) is 29.4 Å². The lowest BCUT2D eigenvalue weighted by Gasteiger charge is -2.20. The number of ether oxygens (including phenoxy) is 1. The predicted molar refractivity (Wildman–Crippen MR) is 74.1 cm³/mol. The van der Waals surface area contributed by atoms with Crippen molar-refractivity contribution in [1.29, 1.82) is 0 Å². The molecule has 98 valence electrons. The summed E-state index contributed by atoms with van der Waals surface area (Å²) in [4.78, 5) is 10.9. The fourth-order valence-corrected chi connectivity index (χ4v) is 1.43. The molecule has 0 amide bonds. The number of hydrogen-bond acceptors (Lipinski definition) is 4. The molecule has 0 spiro atoms. The molecule has 1 aromatic rings. The third kappa shape index (κ3) is 3.87. The monoisotopic (exact) mass is 248 g/mol. The number of nitrogens with zero attached hydrogens (tertiary/aromatic N) is 2. The van der Waals surface area contributed by atoms with Gasteiger partial charge in [-0.05, 0) is 23.1 Å². The molecule has 0 unspecified atom stereocenters. The summed E-state index contributed by atoms with van der Waals surface area (Å²) in [5.74, 6) is -0.465. The van der Waals surface area contributed by atoms with Crippen molar-refractivity contribution in [2.75, 3.05) is 19.2 Å². The molecule has 4 heteroatoms. The Kier molecular flexibility index (Phi) is 4.48. The van der Waals surface area contributed by atoms with Gasteiger partial charge in [0.05, 0.1) is 12.8 Å². The Morgan fingerprint density at radius 3 is 2.28 bits per heavy atom. The number of carbonyl (C=O) groups excluding carboxylic acids is 1. The van der Waals surface area contributed by atoms with E-state index in [1.165, 1.54) is 12.7 Å². The van der Waals surface area contributed by atoms with Crippen LogP contribution in [-0.2, 0) is 14.9 Å². The zero-order chi connectivity index (χ0) is 13.8. The maximum Gasteiger partial charge on any atom is 0.350 e. The van der Waals surface area contributed by atoms with E-state index in [4.69, 9.17) is 0 Å². The highest BCUT2D eigenvalue weighted by atomic mass is 16.5. The van der Waals surface area contributed by atoms with Crippen molar-refractivity contribution < 1.29 is 9.53 Å². The van der Waals surface area contributed by atoms with Crippen LogP contribution in [0, 0.1) is 0 Å². The van der Waals surface area contributed by atoms with Gasteiger partial charge in [-0.15, -0.1) is 0 Å². The predicted octanol–water partition coefficient (Wildman–Crippen LogP) is 2.58. The van der Waals surface area contributed by atoms with Gasteiger partial charge in [-0.25, -0.2) is 4.79 Å². The van der Waals surface area contributed by atoms with Gasteiger partial charge in [-0.1, -0.05) is 32.9 Å². The van der Waals surface area contributed by atoms with E-state index in [-0.39, 0.29) is 5.41 Å². The van der Waals surface area contributed by atoms with Gasteiger partial charge in [0.1, 0.15) is 6.21 Å². The third-order valence-corrected chi connectivity index (χ3v) is 2.64. The van der Waals surface area contributed by atoms with Gasteiger partial charge >= 0.3 is 5.97 Å². The van der Waals surface area contributed by atoms with E-state index in [1.54, 1.807) is 12.1 Å². The summed E-state index contributed by atoms with van der Waals surface area (Å²) in [6, 6.07) is 8.10. The maximum absolute atomic E-state index is 10.9. The fourth-order valence-electron chi connectivity index (χ4n) is 1.43. The molecule has 0 radical (unpaired) electrons. The first-order valence-electron chi connectivity index (χ1n) is 5.81. The van der Waals surface area contributed by atoms with Crippen molar-refractivity contribution in [3.05, 3.63) is 29.8 Å². The summed E-state index contributed by atoms with van der Waals surface area (Å²) in [5, 5.41) is 5.62. The van der Waals surface area contributed by atoms with Crippen LogP contribution in [0.4, 0.5) is 5.69 Å². The molecule has 0 N–H and O–H groups in total. The highest BCUT2D eigenvalue weighted by molar-refractivity contribution is 6.23. The molecule has 0 aromatic heterocycles. The van der Waals surface area contributed by atoms with Gasteiger partial charge < -0.3 is 4.74 Å². The SMILES string of the molecule is COC(=O)/C=N/N(C)c1ccc(C(C)(C)C)cc1. The molecule has 0 heterocycles. The molecular weight excluding hydrogens is 228 g/mol. The van der Waals surface area contributed by atoms with Crippen LogP contribution in [0.1, 0.15) is 26.3 Å². The number of methoxy groups -OCH3 is 1. The van der Waals surface area contributed by atoms with E-state index in [9.17, 15) is 4.79 Å². The summed E-state index contributed by atoms with van der Waals surface area (Å²) in [6.45, 7) is 6.50. The van der Waals surface area contributed by atoms with Crippen molar-refractivity contribution in [2.45, 2.75) is 26.2 Å². The molecule has 0 fully saturated rings. The second-order valence-electron chi connectivity index (χ2n) is 5.09. The highest BCUT2D eigenvalue weighted by Gasteiger charge is 2.13. The summed E-state index contributed by atoms with van der Waals surface area (Å²) in [6.07, 6.45) is 1.15. The Balaban J connectivity index is 2.79. The lowest BCUT2D eigenvalue weighted by Crippen LogP contribution is -2.14. The lowest BCUT2D eigenvalue weighted by atomic mass is 9.87. The highest BCUT2D eigenvalue weighted by Crippen LogP contribution is 2.24. The topological polar surface area (TPSA) is 41.9 Å². The molecule has 0 atom stereocenters. The van der Waals surface area contributed by atoms with E-state index < -0.39 is 5.97 Å². The Morgan fingerprint density at radius 1 is 1.28 bits per heavy atom. The van der Waals surface area contributed by atoms with Crippen molar-refractivity contribution in [3.63, 3.8) is 0 Å². The number of esters is 1. The average Bonchev–Trinajstić information content (AvgIpc) is 2.34. The van der Waals surface area contributed by atoms with Gasteiger partial charge in [-0.3, -0.25) is 5.01 Å². The average molecular weight is 248 g/mol. The Bertz CT molecular complexity index is 430. The van der Waals surface area contributed by atoms with Crippen LogP contribution in [0.3, 0.4) is 0 Å². The van der Waals surface area contributed by atoms with Gasteiger partial charge in [0.15, 0.2) is 0 Å². The molecule has 4 nitrogen and oxygen atoms in total. The zero-order valence-corrected chi connectivity index (χ0v) is 11.6. The molecule has 0 saturated heterocycles. The van der Waals surface area contributed by atoms with Crippen molar-refractivity contribution >= 4 is 17.9 Å². The van der Waals surface area contributed by atoms with Gasteiger partial charge in [0, 0.05) is 7.05 Å². The van der Waals surface area contributed by atoms with Crippen LogP contribution in [0.25, 0.3) is 0 Å². The standard InChI is InChI=1S/C14H20N2O2/c1-14(2,3)11-6-8-12(9-7-11)16(4)15-10-13(17)18-5/h6-10H,1-5H3/b15-10+. The second-order valence-corrected chi connectivity index (χ2v) is 5.09. The van der Waals surface area contributed by atoms with Crippen LogP contribution < -0.4 is 5.01 Å². The van der Waals surface area contributed by atoms with Gasteiger partial charge in [0.25, 0.3) is 0 Å². The minimum atomic E-state index is -0.465. The number of hydrogen-bond donors (Lipinski definition) is 0. The van der Waals surface area contributed by atoms with E-state index in [2.05, 4.69) is 42.7 Å². The van der Waals surface area contributed by atoms with Crippen LogP contribution in [0.2, 0.25) is 0 Å². The van der Waals surface area contributed by atoms with Crippen molar-refractivity contribution in [3.8, 4) is 0 Å². The summed E-state index contributed by atoms with van der Waals surface area (Å²) >= 11 is 0. The number of rotatable bonds is 3. The molecule has 1 aromatic carbocycles. The molecule has 0 aliphatic heterocycles. The quantitative estimate of drug-likeness (QED) is 0.469. The van der Waals surface area contributed by atoms with Gasteiger partial charge in [-0.2, -0.15) is 5.10 Å². The van der Waals surface area contributed by atoms with E-state index in [1.807, 2.05) is 12.1 Å². The molecule has 0 saturated carbocycles. The lowest BCUT2D eigenvalue weighted by molar-refractivity contribution is -0.132. The summed E-state index contributed by atoms with van der Waals surface area (Å²) in [7, 11) is 3.11. The number of anilines is 1. The Morgan fingerprint density at radius 2 is 1.83 bits per heavy atom. The zero-order valence-electron chi connectivity index (χ0n) is 11.6. The third-order valence-electron chi connectivity index (χ3n) is 2.64. The molecule has 18 heavy (non-hydrogen) atoms. The normalized spacial score (nSPS) is 11.6. The van der Waals surface area contributed by atoms with Crippen molar-refractivity contribution in [1.82, 2.24) is 0 Å². The fraction of sp³-hybridized carbons (Fsp3) is 0.429. The van der Waals surface area contributed by atoms with Crippen LogP contribution in [0.5, 0.6) is 0 Å². The summed E-state index contributed by atoms with van der Waals surface area (Å²) in [5.41, 5.74) is 2.31. The molecule has 0 aliphatic rings. The summed E-state index contributed by atoms with van der Waals surface area (Å²) < 4.78 is 4.49. The Labute approximate surface area is 108 Å². The molecule has 0 aliphatic carbocycles. The second kappa shape index (κ2) is 5.67. The number of benzene rings is 1. The van der Waals surface area contributed by atoms with Crippen LogP contribution in [-0.4, -0.2) is 26.3 Å². The van der Waals surface area contributed by atoms with Crippen LogP contribution >= 0.6 is 0 Å². The molecule has 1 rings (SSSR count). The Hall–Kier alpha value is -1.84. The first-order chi connectivity index (χ1) is 8.34. The van der Waals surface area contributed by atoms with Gasteiger partial charge in [0.2, 0.25) is 0 Å². The maximum atomic E-state index is 10.9. The molecule has 0 bridgehead atoms. The minimum absolute atomic E-state index is 0.131. The van der Waals surface area contributed by atoms with Crippen molar-refractivity contribution in [2.24, 2.45) is 5.10 Å². The minimum Gasteiger partial charge on any atom is -0.465 e. The van der Waals surface area contributed by atoms with E-state index in [0.717, 1.165) is 11.9 Å². The van der Waals surface area contributed by atoms with E-state index >= 15 is 0 Å². The number of carbonyl (C=O) groups is 1. The first-order valence-corrected chi connectivity index (χ1v) is 5.81. The number of hydrazone groups is 1. The smallest absolute Gasteiger partial charge is 0.350 e.